The first-order valence-corrected chi connectivity index (χ1v) is 3.76. The maximum Gasteiger partial charge on any atom is 0.133 e. The van der Waals surface area contributed by atoms with Crippen molar-refractivity contribution in [3.8, 4) is 0 Å². The van der Waals surface area contributed by atoms with Crippen LogP contribution in [0.2, 0.25) is 0 Å². The van der Waals surface area contributed by atoms with Crippen LogP contribution in [-0.2, 0) is 0 Å². The standard InChI is InChI=1S/C8H15B/c1-8(2)5-3-7(9)4-6-8/h3H,4-6,9H2,1-2H3. The molecule has 0 spiro atoms. The highest BCUT2D eigenvalue weighted by atomic mass is 14.2. The van der Waals surface area contributed by atoms with Gasteiger partial charge in [-0.1, -0.05) is 19.9 Å². The van der Waals surface area contributed by atoms with E-state index >= 15 is 0 Å². The highest BCUT2D eigenvalue weighted by Crippen LogP contribution is 2.32. The molecule has 0 bridgehead atoms. The van der Waals surface area contributed by atoms with Gasteiger partial charge in [-0.2, -0.15) is 0 Å². The van der Waals surface area contributed by atoms with Crippen molar-refractivity contribution in [1.82, 2.24) is 0 Å². The average Bonchev–Trinajstić information content (AvgIpc) is 1.78. The lowest BCUT2D eigenvalue weighted by Gasteiger charge is -2.27. The zero-order valence-electron chi connectivity index (χ0n) is 6.70. The number of allylic oxidation sites excluding steroid dienone is 2. The molecule has 50 valence electrons. The van der Waals surface area contributed by atoms with Crippen LogP contribution in [0.15, 0.2) is 11.5 Å². The zero-order valence-corrected chi connectivity index (χ0v) is 6.70. The predicted molar refractivity (Wildman–Crippen MR) is 44.3 cm³/mol. The van der Waals surface area contributed by atoms with E-state index in [0.29, 0.717) is 5.41 Å². The Morgan fingerprint density at radius 1 is 1.56 bits per heavy atom. The van der Waals surface area contributed by atoms with Gasteiger partial charge in [-0.25, -0.2) is 0 Å². The van der Waals surface area contributed by atoms with Gasteiger partial charge in [0.15, 0.2) is 0 Å². The fourth-order valence-corrected chi connectivity index (χ4v) is 1.19. The summed E-state index contributed by atoms with van der Waals surface area (Å²) in [6.07, 6.45) is 6.34. The van der Waals surface area contributed by atoms with Crippen molar-refractivity contribution < 1.29 is 0 Å². The van der Waals surface area contributed by atoms with Crippen molar-refractivity contribution in [1.29, 1.82) is 0 Å². The summed E-state index contributed by atoms with van der Waals surface area (Å²) in [6.45, 7) is 4.69. The average molecular weight is 122 g/mol. The monoisotopic (exact) mass is 122 g/mol. The second-order valence-electron chi connectivity index (χ2n) is 3.92. The predicted octanol–water partition coefficient (Wildman–Crippen LogP) is 1.71. The molecule has 1 aliphatic carbocycles. The zero-order chi connectivity index (χ0) is 6.91. The molecule has 0 heterocycles. The molecule has 9 heavy (non-hydrogen) atoms. The van der Waals surface area contributed by atoms with E-state index < -0.39 is 0 Å². The van der Waals surface area contributed by atoms with E-state index in [1.54, 1.807) is 5.47 Å². The lowest BCUT2D eigenvalue weighted by atomic mass is 9.73. The minimum absolute atomic E-state index is 0.583. The second kappa shape index (κ2) is 2.20. The summed E-state index contributed by atoms with van der Waals surface area (Å²) in [5.74, 6) is 0. The van der Waals surface area contributed by atoms with Crippen molar-refractivity contribution >= 4 is 7.85 Å². The summed E-state index contributed by atoms with van der Waals surface area (Å²) in [4.78, 5) is 0. The van der Waals surface area contributed by atoms with E-state index in [1.165, 1.54) is 19.3 Å². The summed E-state index contributed by atoms with van der Waals surface area (Å²) in [5, 5.41) is 0. The summed E-state index contributed by atoms with van der Waals surface area (Å²) < 4.78 is 0. The molecule has 0 N–H and O–H groups in total. The Labute approximate surface area is 58.8 Å². The van der Waals surface area contributed by atoms with E-state index in [2.05, 4.69) is 27.8 Å². The highest BCUT2D eigenvalue weighted by molar-refractivity contribution is 6.21. The molecule has 0 aliphatic heterocycles. The third-order valence-corrected chi connectivity index (χ3v) is 2.20. The fourth-order valence-electron chi connectivity index (χ4n) is 1.19. The van der Waals surface area contributed by atoms with Gasteiger partial charge in [-0.3, -0.25) is 0 Å². The number of rotatable bonds is 0. The quantitative estimate of drug-likeness (QED) is 0.429. The fraction of sp³-hybridized carbons (Fsp3) is 0.750. The van der Waals surface area contributed by atoms with Crippen molar-refractivity contribution in [2.75, 3.05) is 0 Å². The van der Waals surface area contributed by atoms with Crippen molar-refractivity contribution in [3.63, 3.8) is 0 Å². The van der Waals surface area contributed by atoms with Crippen LogP contribution in [0, 0.1) is 5.41 Å². The molecule has 1 aliphatic rings. The third kappa shape index (κ3) is 1.89. The van der Waals surface area contributed by atoms with Gasteiger partial charge in [-0.15, -0.1) is 5.47 Å². The van der Waals surface area contributed by atoms with Crippen LogP contribution in [0.4, 0.5) is 0 Å². The Bertz CT molecular complexity index is 134. The summed E-state index contributed by atoms with van der Waals surface area (Å²) in [5.41, 5.74) is 2.16. The molecule has 0 aromatic rings. The molecule has 0 aromatic heterocycles. The van der Waals surface area contributed by atoms with Gasteiger partial charge < -0.3 is 0 Å². The normalized spacial score (nSPS) is 25.3. The van der Waals surface area contributed by atoms with Crippen LogP contribution in [0.5, 0.6) is 0 Å². The molecule has 1 heteroatoms. The molecule has 0 aromatic carbocycles. The van der Waals surface area contributed by atoms with Crippen LogP contribution in [0.1, 0.15) is 33.1 Å². The number of hydrogen-bond donors (Lipinski definition) is 0. The van der Waals surface area contributed by atoms with E-state index in [4.69, 9.17) is 0 Å². The Balaban J connectivity index is 2.56. The molecule has 0 unspecified atom stereocenters. The van der Waals surface area contributed by atoms with Gasteiger partial charge in [0.05, 0.1) is 0 Å². The summed E-state index contributed by atoms with van der Waals surface area (Å²) >= 11 is 0. The molecule has 0 saturated heterocycles. The lowest BCUT2D eigenvalue weighted by Crippen LogP contribution is -2.14. The Kier molecular flexibility index (Phi) is 1.69. The summed E-state index contributed by atoms with van der Waals surface area (Å²) in [6, 6.07) is 0. The smallest absolute Gasteiger partial charge is 0.114 e. The second-order valence-corrected chi connectivity index (χ2v) is 3.92. The lowest BCUT2D eigenvalue weighted by molar-refractivity contribution is 0.329. The van der Waals surface area contributed by atoms with Crippen LogP contribution in [0.3, 0.4) is 0 Å². The van der Waals surface area contributed by atoms with Gasteiger partial charge in [-0.05, 0) is 24.7 Å². The van der Waals surface area contributed by atoms with Gasteiger partial charge in [0.1, 0.15) is 7.85 Å². The van der Waals surface area contributed by atoms with Crippen molar-refractivity contribution in [2.24, 2.45) is 5.41 Å². The van der Waals surface area contributed by atoms with Crippen molar-refractivity contribution in [3.05, 3.63) is 11.5 Å². The van der Waals surface area contributed by atoms with Gasteiger partial charge in [0.2, 0.25) is 0 Å². The minimum Gasteiger partial charge on any atom is -0.114 e. The Morgan fingerprint density at radius 3 is 2.56 bits per heavy atom. The minimum atomic E-state index is 0.583. The van der Waals surface area contributed by atoms with E-state index in [9.17, 15) is 0 Å². The largest absolute Gasteiger partial charge is 0.133 e. The molecule has 0 saturated carbocycles. The molecule has 1 rings (SSSR count). The SMILES string of the molecule is BC1=CCC(C)(C)CC1. The molecule has 0 amide bonds. The summed E-state index contributed by atoms with van der Waals surface area (Å²) in [7, 11) is 2.23. The topological polar surface area (TPSA) is 0 Å². The highest BCUT2D eigenvalue weighted by Gasteiger charge is 2.18. The molecular formula is C8H15B. The first kappa shape index (κ1) is 6.92. The third-order valence-electron chi connectivity index (χ3n) is 2.20. The maximum atomic E-state index is 2.38. The van der Waals surface area contributed by atoms with Crippen LogP contribution in [0.25, 0.3) is 0 Å². The molecule has 0 nitrogen and oxygen atoms in total. The number of hydrogen-bond acceptors (Lipinski definition) is 0. The molecular weight excluding hydrogens is 107 g/mol. The van der Waals surface area contributed by atoms with Crippen LogP contribution >= 0.6 is 0 Å². The maximum absolute atomic E-state index is 2.38. The van der Waals surface area contributed by atoms with E-state index in [0.717, 1.165) is 0 Å². The van der Waals surface area contributed by atoms with Gasteiger partial charge in [0, 0.05) is 0 Å². The Morgan fingerprint density at radius 2 is 2.22 bits per heavy atom. The molecule has 0 fully saturated rings. The first-order valence-electron chi connectivity index (χ1n) is 3.76. The van der Waals surface area contributed by atoms with Crippen LogP contribution < -0.4 is 0 Å². The van der Waals surface area contributed by atoms with Gasteiger partial charge >= 0.3 is 0 Å². The molecule has 0 atom stereocenters. The van der Waals surface area contributed by atoms with E-state index in [-0.39, 0.29) is 0 Å². The molecule has 0 radical (unpaired) electrons. The Hall–Kier alpha value is -0.195. The van der Waals surface area contributed by atoms with E-state index in [1.807, 2.05) is 0 Å². The van der Waals surface area contributed by atoms with Gasteiger partial charge in [0.25, 0.3) is 0 Å². The van der Waals surface area contributed by atoms with Crippen molar-refractivity contribution in [2.45, 2.75) is 33.1 Å². The van der Waals surface area contributed by atoms with Crippen LogP contribution in [-0.4, -0.2) is 7.85 Å². The first-order chi connectivity index (χ1) is 4.10.